The van der Waals surface area contributed by atoms with Gasteiger partial charge < -0.3 is 28.4 Å². The molecule has 132 valence electrons. The van der Waals surface area contributed by atoms with Gasteiger partial charge in [-0.2, -0.15) is 0 Å². The number of esters is 2. The van der Waals surface area contributed by atoms with Gasteiger partial charge in [0.15, 0.2) is 11.6 Å². The van der Waals surface area contributed by atoms with Crippen LogP contribution in [0.2, 0.25) is 0 Å². The van der Waals surface area contributed by atoms with Crippen LogP contribution in [-0.2, 0) is 38.0 Å². The Bertz CT molecular complexity index is 472. The van der Waals surface area contributed by atoms with E-state index < -0.39 is 47.9 Å². The van der Waals surface area contributed by atoms with Crippen LogP contribution in [-0.4, -0.2) is 61.6 Å². The van der Waals surface area contributed by atoms with E-state index in [1.54, 1.807) is 27.7 Å². The predicted octanol–water partition coefficient (Wildman–Crippen LogP) is 0.763. The summed E-state index contributed by atoms with van der Waals surface area (Å²) >= 11 is 0. The summed E-state index contributed by atoms with van der Waals surface area (Å²) in [6.07, 6.45) is -3.20. The lowest BCUT2D eigenvalue weighted by Gasteiger charge is -2.27. The Morgan fingerprint density at radius 2 is 1.74 bits per heavy atom. The molecule has 0 spiro atoms. The fraction of sp³-hybridized carbons (Fsp3) is 0.867. The van der Waals surface area contributed by atoms with Gasteiger partial charge in [0.1, 0.15) is 18.3 Å². The summed E-state index contributed by atoms with van der Waals surface area (Å²) in [6.45, 7) is 8.48. The fourth-order valence-electron chi connectivity index (χ4n) is 2.76. The van der Waals surface area contributed by atoms with Gasteiger partial charge in [0.05, 0.1) is 13.7 Å². The van der Waals surface area contributed by atoms with E-state index in [9.17, 15) is 9.59 Å². The molecule has 0 aliphatic carbocycles. The molecule has 0 saturated carbocycles. The maximum Gasteiger partial charge on any atom is 0.350 e. The number of carbonyl (C=O) groups is 2. The highest BCUT2D eigenvalue weighted by Gasteiger charge is 2.55. The monoisotopic (exact) mass is 332 g/mol. The molecule has 0 radical (unpaired) electrons. The van der Waals surface area contributed by atoms with Crippen LogP contribution in [0.1, 0.15) is 34.6 Å². The van der Waals surface area contributed by atoms with Crippen molar-refractivity contribution in [3.63, 3.8) is 0 Å². The van der Waals surface area contributed by atoms with E-state index in [1.165, 1.54) is 14.0 Å². The molecule has 2 rings (SSSR count). The SMILES string of the molecule is COC(=O)C(OC(C)=O)[C@@H]1OC(C)(C)O[C@H]1[C@H]1COC(C)(C)O1. The first kappa shape index (κ1) is 18.1. The van der Waals surface area contributed by atoms with Crippen molar-refractivity contribution in [1.82, 2.24) is 0 Å². The standard InChI is InChI=1S/C15H24O8/c1-8(16)20-12(13(17)18-6)11-10(22-15(4,5)23-11)9-7-19-14(2,3)21-9/h9-12H,7H2,1-6H3/t9-,10+,11-,12?/m1/s1. The van der Waals surface area contributed by atoms with Crippen LogP contribution in [0.5, 0.6) is 0 Å². The average molecular weight is 332 g/mol. The number of rotatable bonds is 4. The second kappa shape index (κ2) is 6.35. The third kappa shape index (κ3) is 4.20. The quantitative estimate of drug-likeness (QED) is 0.697. The highest BCUT2D eigenvalue weighted by Crippen LogP contribution is 2.37. The zero-order valence-electron chi connectivity index (χ0n) is 14.3. The third-order valence-corrected chi connectivity index (χ3v) is 3.59. The van der Waals surface area contributed by atoms with E-state index in [2.05, 4.69) is 0 Å². The van der Waals surface area contributed by atoms with Crippen LogP contribution >= 0.6 is 0 Å². The molecule has 1 unspecified atom stereocenters. The molecule has 4 atom stereocenters. The van der Waals surface area contributed by atoms with Crippen molar-refractivity contribution in [3.05, 3.63) is 0 Å². The molecular formula is C15H24O8. The van der Waals surface area contributed by atoms with Gasteiger partial charge in [0, 0.05) is 6.92 Å². The Kier molecular flexibility index (Phi) is 5.00. The maximum atomic E-state index is 12.0. The molecule has 0 bridgehead atoms. The first-order valence-electron chi connectivity index (χ1n) is 7.47. The van der Waals surface area contributed by atoms with E-state index >= 15 is 0 Å². The predicted molar refractivity (Wildman–Crippen MR) is 76.3 cm³/mol. The average Bonchev–Trinajstić information content (AvgIpc) is 2.94. The van der Waals surface area contributed by atoms with E-state index in [0.29, 0.717) is 0 Å². The van der Waals surface area contributed by atoms with Crippen molar-refractivity contribution in [2.45, 2.75) is 70.6 Å². The van der Waals surface area contributed by atoms with Crippen LogP contribution < -0.4 is 0 Å². The third-order valence-electron chi connectivity index (χ3n) is 3.59. The largest absolute Gasteiger partial charge is 0.466 e. The summed E-state index contributed by atoms with van der Waals surface area (Å²) < 4.78 is 32.8. The van der Waals surface area contributed by atoms with Crippen molar-refractivity contribution in [3.8, 4) is 0 Å². The first-order chi connectivity index (χ1) is 10.5. The Labute approximate surface area is 135 Å². The topological polar surface area (TPSA) is 89.5 Å². The van der Waals surface area contributed by atoms with Gasteiger partial charge >= 0.3 is 11.9 Å². The van der Waals surface area contributed by atoms with Gasteiger partial charge in [-0.15, -0.1) is 0 Å². The molecule has 0 aromatic carbocycles. The second-order valence-corrected chi connectivity index (χ2v) is 6.49. The van der Waals surface area contributed by atoms with Gasteiger partial charge in [-0.05, 0) is 27.7 Å². The molecule has 2 heterocycles. The van der Waals surface area contributed by atoms with Crippen LogP contribution in [0.3, 0.4) is 0 Å². The van der Waals surface area contributed by atoms with Crippen LogP contribution in [0.15, 0.2) is 0 Å². The zero-order valence-corrected chi connectivity index (χ0v) is 14.3. The Balaban J connectivity index is 2.24. The van der Waals surface area contributed by atoms with Crippen LogP contribution in [0.4, 0.5) is 0 Å². The highest BCUT2D eigenvalue weighted by molar-refractivity contribution is 5.79. The van der Waals surface area contributed by atoms with Crippen molar-refractivity contribution in [2.24, 2.45) is 0 Å². The lowest BCUT2D eigenvalue weighted by Crippen LogP contribution is -2.49. The van der Waals surface area contributed by atoms with E-state index in [4.69, 9.17) is 28.4 Å². The van der Waals surface area contributed by atoms with Gasteiger partial charge in [0.2, 0.25) is 6.10 Å². The van der Waals surface area contributed by atoms with Gasteiger partial charge in [-0.3, -0.25) is 4.79 Å². The molecular weight excluding hydrogens is 308 g/mol. The van der Waals surface area contributed by atoms with Gasteiger partial charge in [-0.25, -0.2) is 4.79 Å². The smallest absolute Gasteiger partial charge is 0.350 e. The molecule has 0 N–H and O–H groups in total. The Hall–Kier alpha value is -1.22. The minimum atomic E-state index is -1.24. The van der Waals surface area contributed by atoms with Crippen molar-refractivity contribution in [1.29, 1.82) is 0 Å². The number of ether oxygens (including phenoxy) is 6. The Morgan fingerprint density at radius 1 is 1.09 bits per heavy atom. The maximum absolute atomic E-state index is 12.0. The van der Waals surface area contributed by atoms with Crippen molar-refractivity contribution in [2.75, 3.05) is 13.7 Å². The first-order valence-corrected chi connectivity index (χ1v) is 7.47. The van der Waals surface area contributed by atoms with Crippen molar-refractivity contribution < 1.29 is 38.0 Å². The fourth-order valence-corrected chi connectivity index (χ4v) is 2.76. The lowest BCUT2D eigenvalue weighted by molar-refractivity contribution is -0.183. The number of methoxy groups -OCH3 is 1. The summed E-state index contributed by atoms with van der Waals surface area (Å²) in [5.74, 6) is -3.04. The number of carbonyl (C=O) groups excluding carboxylic acids is 2. The molecule has 0 aromatic rings. The van der Waals surface area contributed by atoms with Gasteiger partial charge in [0.25, 0.3) is 0 Å². The molecule has 0 aromatic heterocycles. The summed E-state index contributed by atoms with van der Waals surface area (Å²) in [5, 5.41) is 0. The molecule has 23 heavy (non-hydrogen) atoms. The lowest BCUT2D eigenvalue weighted by atomic mass is 10.0. The van der Waals surface area contributed by atoms with Gasteiger partial charge in [-0.1, -0.05) is 0 Å². The van der Waals surface area contributed by atoms with Crippen LogP contribution in [0.25, 0.3) is 0 Å². The summed E-state index contributed by atoms with van der Waals surface area (Å²) in [6, 6.07) is 0. The van der Waals surface area contributed by atoms with E-state index in [-0.39, 0.29) is 6.61 Å². The minimum absolute atomic E-state index is 0.279. The summed E-state index contributed by atoms with van der Waals surface area (Å²) in [7, 11) is 1.22. The van der Waals surface area contributed by atoms with E-state index in [0.717, 1.165) is 0 Å². The zero-order chi connectivity index (χ0) is 17.4. The summed E-state index contributed by atoms with van der Waals surface area (Å²) in [4.78, 5) is 23.4. The second-order valence-electron chi connectivity index (χ2n) is 6.49. The molecule has 8 heteroatoms. The molecule has 2 aliphatic rings. The van der Waals surface area contributed by atoms with Crippen molar-refractivity contribution >= 4 is 11.9 Å². The minimum Gasteiger partial charge on any atom is -0.466 e. The molecule has 0 amide bonds. The normalized spacial score (nSPS) is 33.2. The molecule has 2 fully saturated rings. The molecule has 8 nitrogen and oxygen atoms in total. The van der Waals surface area contributed by atoms with Crippen LogP contribution in [0, 0.1) is 0 Å². The van der Waals surface area contributed by atoms with E-state index in [1.807, 2.05) is 0 Å². The molecule has 2 aliphatic heterocycles. The number of hydrogen-bond acceptors (Lipinski definition) is 8. The Morgan fingerprint density at radius 3 is 2.22 bits per heavy atom. The summed E-state index contributed by atoms with van der Waals surface area (Å²) in [5.41, 5.74) is 0. The highest BCUT2D eigenvalue weighted by atomic mass is 16.8. The number of hydrogen-bond donors (Lipinski definition) is 0. The molecule has 2 saturated heterocycles.